The van der Waals surface area contributed by atoms with Crippen LogP contribution in [0.3, 0.4) is 0 Å². The zero-order valence-corrected chi connectivity index (χ0v) is 15.4. The molecule has 1 fully saturated rings. The average Bonchev–Trinajstić information content (AvgIpc) is 2.60. The van der Waals surface area contributed by atoms with Crippen LogP contribution in [-0.4, -0.2) is 50.2 Å². The highest BCUT2D eigenvalue weighted by molar-refractivity contribution is 5.87. The Bertz CT molecular complexity index is 584. The number of likely N-dealkylation sites (tertiary alicyclic amines) is 1. The second kappa shape index (κ2) is 7.62. The Morgan fingerprint density at radius 1 is 1.17 bits per heavy atom. The molecule has 2 aliphatic heterocycles. The van der Waals surface area contributed by atoms with Crippen LogP contribution in [0.25, 0.3) is 0 Å². The Morgan fingerprint density at radius 2 is 1.79 bits per heavy atom. The number of carbonyl (C=O) groups is 1. The maximum absolute atomic E-state index is 13.0. The number of ether oxygens (including phenoxy) is 2. The van der Waals surface area contributed by atoms with Gasteiger partial charge in [-0.2, -0.15) is 0 Å². The molecule has 3 rings (SSSR count). The summed E-state index contributed by atoms with van der Waals surface area (Å²) >= 11 is 0. The van der Waals surface area contributed by atoms with Crippen LogP contribution in [0.5, 0.6) is 11.5 Å². The monoisotopic (exact) mass is 354 g/mol. The molecule has 1 aromatic carbocycles. The largest absolute Gasteiger partial charge is 0.486 e. The average molecular weight is 355 g/mol. The molecular weight excluding hydrogens is 328 g/mol. The van der Waals surface area contributed by atoms with E-state index < -0.39 is 5.41 Å². The molecule has 2 aliphatic rings. The summed E-state index contributed by atoms with van der Waals surface area (Å²) in [4.78, 5) is 15.0. The lowest BCUT2D eigenvalue weighted by Crippen LogP contribution is -2.49. The first-order valence-electron chi connectivity index (χ1n) is 8.39. The van der Waals surface area contributed by atoms with Crippen molar-refractivity contribution in [3.05, 3.63) is 23.8 Å². The quantitative estimate of drug-likeness (QED) is 0.905. The molecule has 1 amide bonds. The number of piperidine rings is 1. The Balaban J connectivity index is 0.00000208. The lowest BCUT2D eigenvalue weighted by atomic mass is 9.82. The van der Waals surface area contributed by atoms with Crippen molar-refractivity contribution in [2.75, 3.05) is 33.4 Å². The summed E-state index contributed by atoms with van der Waals surface area (Å²) in [5.74, 6) is 1.69. The van der Waals surface area contributed by atoms with Crippen LogP contribution in [0.2, 0.25) is 0 Å². The third-order valence-corrected chi connectivity index (χ3v) is 4.99. The topological polar surface area (TPSA) is 50.8 Å². The molecule has 0 radical (unpaired) electrons. The number of hydrogen-bond donors (Lipinski definition) is 1. The van der Waals surface area contributed by atoms with E-state index in [0.717, 1.165) is 43.0 Å². The summed E-state index contributed by atoms with van der Waals surface area (Å²) in [6, 6.07) is 6.36. The van der Waals surface area contributed by atoms with Gasteiger partial charge in [0.05, 0.1) is 5.41 Å². The second-order valence-electron chi connectivity index (χ2n) is 6.84. The standard InChI is InChI=1S/C18H26N2O3.ClH/c1-18(2,17(21)20-8-6-14(19-3)7-9-20)13-4-5-15-16(12-13)23-11-10-22-15;/h4-5,12,14,19H,6-11H2,1-3H3;1H. The molecule has 0 atom stereocenters. The van der Waals surface area contributed by atoms with Crippen molar-refractivity contribution >= 4 is 18.3 Å². The van der Waals surface area contributed by atoms with Crippen LogP contribution >= 0.6 is 12.4 Å². The fraction of sp³-hybridized carbons (Fsp3) is 0.611. The van der Waals surface area contributed by atoms with Crippen LogP contribution in [0.15, 0.2) is 18.2 Å². The van der Waals surface area contributed by atoms with Gasteiger partial charge in [-0.05, 0) is 51.4 Å². The van der Waals surface area contributed by atoms with Gasteiger partial charge in [0, 0.05) is 19.1 Å². The highest BCUT2D eigenvalue weighted by Gasteiger charge is 2.36. The molecule has 0 spiro atoms. The molecule has 1 N–H and O–H groups in total. The zero-order valence-electron chi connectivity index (χ0n) is 14.6. The van der Waals surface area contributed by atoms with E-state index in [-0.39, 0.29) is 18.3 Å². The van der Waals surface area contributed by atoms with Gasteiger partial charge < -0.3 is 19.7 Å². The van der Waals surface area contributed by atoms with Gasteiger partial charge in [-0.3, -0.25) is 4.79 Å². The van der Waals surface area contributed by atoms with Gasteiger partial charge in [-0.25, -0.2) is 0 Å². The van der Waals surface area contributed by atoms with E-state index in [2.05, 4.69) is 5.32 Å². The summed E-state index contributed by atoms with van der Waals surface area (Å²) in [6.07, 6.45) is 2.03. The molecule has 0 unspecified atom stereocenters. The molecule has 5 nitrogen and oxygen atoms in total. The van der Waals surface area contributed by atoms with Gasteiger partial charge in [-0.1, -0.05) is 6.07 Å². The maximum Gasteiger partial charge on any atom is 0.232 e. The molecule has 0 saturated carbocycles. The van der Waals surface area contributed by atoms with Crippen LogP contribution in [0.1, 0.15) is 32.3 Å². The molecule has 1 saturated heterocycles. The van der Waals surface area contributed by atoms with Gasteiger partial charge >= 0.3 is 0 Å². The van der Waals surface area contributed by atoms with Crippen molar-refractivity contribution in [1.82, 2.24) is 10.2 Å². The fourth-order valence-corrected chi connectivity index (χ4v) is 3.32. The third kappa shape index (κ3) is 3.62. The van der Waals surface area contributed by atoms with E-state index >= 15 is 0 Å². The number of nitrogens with one attached hydrogen (secondary N) is 1. The minimum atomic E-state index is -0.567. The smallest absolute Gasteiger partial charge is 0.232 e. The predicted octanol–water partition coefficient (Wildman–Crippen LogP) is 2.37. The Hall–Kier alpha value is -1.46. The SMILES string of the molecule is CNC1CCN(C(=O)C(C)(C)c2ccc3c(c2)OCCO3)CC1.Cl. The number of fused-ring (bicyclic) bond motifs is 1. The minimum absolute atomic E-state index is 0. The first-order valence-corrected chi connectivity index (χ1v) is 8.39. The van der Waals surface area contributed by atoms with Crippen LogP contribution < -0.4 is 14.8 Å². The minimum Gasteiger partial charge on any atom is -0.486 e. The molecule has 2 heterocycles. The molecule has 24 heavy (non-hydrogen) atoms. The molecular formula is C18H27ClN2O3. The van der Waals surface area contributed by atoms with Crippen molar-refractivity contribution < 1.29 is 14.3 Å². The highest BCUT2D eigenvalue weighted by atomic mass is 35.5. The van der Waals surface area contributed by atoms with E-state index in [1.165, 1.54) is 0 Å². The molecule has 6 heteroatoms. The fourth-order valence-electron chi connectivity index (χ4n) is 3.32. The third-order valence-electron chi connectivity index (χ3n) is 4.99. The summed E-state index contributed by atoms with van der Waals surface area (Å²) in [7, 11) is 1.99. The van der Waals surface area contributed by atoms with Gasteiger partial charge in [0.1, 0.15) is 13.2 Å². The van der Waals surface area contributed by atoms with Crippen molar-refractivity contribution in [2.45, 2.75) is 38.1 Å². The van der Waals surface area contributed by atoms with Crippen molar-refractivity contribution in [3.63, 3.8) is 0 Å². The molecule has 0 aliphatic carbocycles. The summed E-state index contributed by atoms with van der Waals surface area (Å²) < 4.78 is 11.2. The van der Waals surface area contributed by atoms with Crippen LogP contribution in [-0.2, 0) is 10.2 Å². The first-order chi connectivity index (χ1) is 11.0. The number of nitrogens with zero attached hydrogens (tertiary/aromatic N) is 1. The summed E-state index contributed by atoms with van der Waals surface area (Å²) in [5.41, 5.74) is 0.407. The van der Waals surface area contributed by atoms with E-state index in [1.54, 1.807) is 0 Å². The van der Waals surface area contributed by atoms with E-state index in [4.69, 9.17) is 9.47 Å². The number of amides is 1. The maximum atomic E-state index is 13.0. The molecule has 0 aromatic heterocycles. The zero-order chi connectivity index (χ0) is 16.4. The lowest BCUT2D eigenvalue weighted by molar-refractivity contribution is -0.137. The van der Waals surface area contributed by atoms with Gasteiger partial charge in [0.15, 0.2) is 11.5 Å². The number of hydrogen-bond acceptors (Lipinski definition) is 4. The Kier molecular flexibility index (Phi) is 5.99. The first kappa shape index (κ1) is 18.9. The number of benzene rings is 1. The summed E-state index contributed by atoms with van der Waals surface area (Å²) in [6.45, 7) is 6.75. The molecule has 0 bridgehead atoms. The lowest BCUT2D eigenvalue weighted by Gasteiger charge is -2.37. The van der Waals surface area contributed by atoms with Crippen molar-refractivity contribution in [1.29, 1.82) is 0 Å². The number of halogens is 1. The molecule has 134 valence electrons. The second-order valence-corrected chi connectivity index (χ2v) is 6.84. The normalized spacial score (nSPS) is 18.0. The molecule has 1 aromatic rings. The van der Waals surface area contributed by atoms with E-state index in [1.807, 2.05) is 44.0 Å². The number of carbonyl (C=O) groups excluding carboxylic acids is 1. The number of rotatable bonds is 3. The van der Waals surface area contributed by atoms with Gasteiger partial charge in [-0.15, -0.1) is 12.4 Å². The van der Waals surface area contributed by atoms with Crippen LogP contribution in [0, 0.1) is 0 Å². The van der Waals surface area contributed by atoms with Crippen LogP contribution in [0.4, 0.5) is 0 Å². The van der Waals surface area contributed by atoms with Gasteiger partial charge in [0.2, 0.25) is 5.91 Å². The van der Waals surface area contributed by atoms with E-state index in [0.29, 0.717) is 19.3 Å². The predicted molar refractivity (Wildman–Crippen MR) is 96.4 cm³/mol. The Labute approximate surface area is 150 Å². The van der Waals surface area contributed by atoms with E-state index in [9.17, 15) is 4.79 Å². The highest BCUT2D eigenvalue weighted by Crippen LogP contribution is 2.36. The van der Waals surface area contributed by atoms with Crippen molar-refractivity contribution in [3.8, 4) is 11.5 Å². The van der Waals surface area contributed by atoms with Gasteiger partial charge in [0.25, 0.3) is 0 Å². The summed E-state index contributed by atoms with van der Waals surface area (Å²) in [5, 5.41) is 3.30. The van der Waals surface area contributed by atoms with Crippen molar-refractivity contribution in [2.24, 2.45) is 0 Å². The Morgan fingerprint density at radius 3 is 2.42 bits per heavy atom.